The average Bonchev–Trinajstić information content (AvgIpc) is 2.73. The minimum absolute atomic E-state index is 0.180. The van der Waals surface area contributed by atoms with Gasteiger partial charge in [0.2, 0.25) is 11.8 Å². The Morgan fingerprint density at radius 1 is 1.09 bits per heavy atom. The predicted octanol–water partition coefficient (Wildman–Crippen LogP) is 4.32. The SMILES string of the molecule is CCCCNC(=O)[C@H](Cc1ccccc1)NC(=O)[C@@H](N=Cc1cccc(Br)n1)C(C)(C)C. The summed E-state index contributed by atoms with van der Waals surface area (Å²) in [5.41, 5.74) is 1.19. The summed E-state index contributed by atoms with van der Waals surface area (Å²) in [6, 6.07) is 13.9. The number of unbranched alkanes of at least 4 members (excludes halogenated alkanes) is 1. The molecule has 0 bridgehead atoms. The lowest BCUT2D eigenvalue weighted by atomic mass is 9.86. The van der Waals surface area contributed by atoms with Gasteiger partial charge in [-0.3, -0.25) is 14.6 Å². The van der Waals surface area contributed by atoms with Gasteiger partial charge in [0.1, 0.15) is 16.7 Å². The second-order valence-electron chi connectivity index (χ2n) is 8.83. The van der Waals surface area contributed by atoms with Gasteiger partial charge in [-0.2, -0.15) is 0 Å². The molecule has 32 heavy (non-hydrogen) atoms. The van der Waals surface area contributed by atoms with Crippen LogP contribution in [0.25, 0.3) is 0 Å². The molecule has 0 aliphatic carbocycles. The highest BCUT2D eigenvalue weighted by atomic mass is 79.9. The maximum atomic E-state index is 13.3. The fraction of sp³-hybridized carbons (Fsp3) is 0.440. The van der Waals surface area contributed by atoms with Crippen LogP contribution in [0.1, 0.15) is 51.8 Å². The van der Waals surface area contributed by atoms with E-state index in [1.54, 1.807) is 6.21 Å². The van der Waals surface area contributed by atoms with Crippen LogP contribution >= 0.6 is 15.9 Å². The summed E-state index contributed by atoms with van der Waals surface area (Å²) in [6.07, 6.45) is 3.90. The Hall–Kier alpha value is -2.54. The first-order chi connectivity index (χ1) is 15.2. The van der Waals surface area contributed by atoms with Gasteiger partial charge in [0.25, 0.3) is 0 Å². The molecule has 2 amide bonds. The lowest BCUT2D eigenvalue weighted by Crippen LogP contribution is -2.52. The molecule has 7 heteroatoms. The number of rotatable bonds is 10. The monoisotopic (exact) mass is 500 g/mol. The molecule has 0 saturated carbocycles. The van der Waals surface area contributed by atoms with Crippen LogP contribution in [-0.2, 0) is 16.0 Å². The molecule has 0 saturated heterocycles. The van der Waals surface area contributed by atoms with Crippen molar-refractivity contribution < 1.29 is 9.59 Å². The second-order valence-corrected chi connectivity index (χ2v) is 9.64. The highest BCUT2D eigenvalue weighted by Gasteiger charge is 2.33. The fourth-order valence-electron chi connectivity index (χ4n) is 3.15. The molecule has 1 heterocycles. The maximum Gasteiger partial charge on any atom is 0.245 e. The maximum absolute atomic E-state index is 13.3. The number of aromatic nitrogens is 1. The topological polar surface area (TPSA) is 83.5 Å². The minimum atomic E-state index is -0.676. The van der Waals surface area contributed by atoms with Crippen molar-refractivity contribution in [3.63, 3.8) is 0 Å². The van der Waals surface area contributed by atoms with Gasteiger partial charge in [-0.1, -0.05) is 70.5 Å². The molecule has 2 N–H and O–H groups in total. The quantitative estimate of drug-likeness (QED) is 0.289. The molecule has 2 atom stereocenters. The Labute approximate surface area is 199 Å². The van der Waals surface area contributed by atoms with E-state index < -0.39 is 17.5 Å². The van der Waals surface area contributed by atoms with Crippen LogP contribution in [0.15, 0.2) is 58.1 Å². The molecule has 0 fully saturated rings. The van der Waals surface area contributed by atoms with Crippen molar-refractivity contribution >= 4 is 34.0 Å². The fourth-order valence-corrected chi connectivity index (χ4v) is 3.51. The van der Waals surface area contributed by atoms with Gasteiger partial charge in [0.05, 0.1) is 5.69 Å². The van der Waals surface area contributed by atoms with Gasteiger partial charge in [0.15, 0.2) is 0 Å². The Morgan fingerprint density at radius 3 is 2.44 bits per heavy atom. The highest BCUT2D eigenvalue weighted by molar-refractivity contribution is 9.10. The van der Waals surface area contributed by atoms with Crippen molar-refractivity contribution in [1.29, 1.82) is 0 Å². The zero-order valence-electron chi connectivity index (χ0n) is 19.3. The van der Waals surface area contributed by atoms with Gasteiger partial charge >= 0.3 is 0 Å². The van der Waals surface area contributed by atoms with Gasteiger partial charge in [-0.05, 0) is 45.5 Å². The van der Waals surface area contributed by atoms with E-state index >= 15 is 0 Å². The number of nitrogens with one attached hydrogen (secondary N) is 2. The van der Waals surface area contributed by atoms with Crippen LogP contribution in [0.2, 0.25) is 0 Å². The first-order valence-corrected chi connectivity index (χ1v) is 11.8. The van der Waals surface area contributed by atoms with E-state index in [9.17, 15) is 9.59 Å². The number of amides is 2. The summed E-state index contributed by atoms with van der Waals surface area (Å²) in [7, 11) is 0. The molecule has 1 aromatic carbocycles. The Kier molecular flexibility index (Phi) is 10.0. The van der Waals surface area contributed by atoms with Crippen LogP contribution in [0.3, 0.4) is 0 Å². The van der Waals surface area contributed by atoms with Crippen LogP contribution in [0.4, 0.5) is 0 Å². The summed E-state index contributed by atoms with van der Waals surface area (Å²) in [5, 5.41) is 5.90. The first-order valence-electron chi connectivity index (χ1n) is 11.0. The molecule has 0 spiro atoms. The number of aliphatic imine (C=N–C) groups is 1. The first kappa shape index (κ1) is 25.7. The number of benzene rings is 1. The number of carbonyl (C=O) groups excluding carboxylic acids is 2. The van der Waals surface area contributed by atoms with Gasteiger partial charge in [-0.15, -0.1) is 0 Å². The number of carbonyl (C=O) groups is 2. The molecule has 6 nitrogen and oxygen atoms in total. The van der Waals surface area contributed by atoms with Crippen molar-refractivity contribution in [2.75, 3.05) is 6.54 Å². The number of hydrogen-bond acceptors (Lipinski definition) is 4. The summed E-state index contributed by atoms with van der Waals surface area (Å²) in [4.78, 5) is 35.0. The molecule has 0 aliphatic rings. The van der Waals surface area contributed by atoms with E-state index in [1.807, 2.05) is 69.3 Å². The molecule has 2 aromatic rings. The van der Waals surface area contributed by atoms with E-state index in [2.05, 4.69) is 43.5 Å². The number of hydrogen-bond donors (Lipinski definition) is 2. The lowest BCUT2D eigenvalue weighted by Gasteiger charge is -2.28. The summed E-state index contributed by atoms with van der Waals surface area (Å²) >= 11 is 3.35. The summed E-state index contributed by atoms with van der Waals surface area (Å²) in [6.45, 7) is 8.52. The van der Waals surface area contributed by atoms with Crippen molar-refractivity contribution in [1.82, 2.24) is 15.6 Å². The third kappa shape index (κ3) is 8.54. The van der Waals surface area contributed by atoms with Gasteiger partial charge < -0.3 is 10.6 Å². The van der Waals surface area contributed by atoms with Gasteiger partial charge in [-0.25, -0.2) is 4.98 Å². The standard InChI is InChI=1S/C25H33BrN4O2/c1-5-6-15-27-23(31)20(16-18-11-8-7-9-12-18)30-24(32)22(25(2,3)4)28-17-19-13-10-14-21(26)29-19/h7-14,17,20,22H,5-6,15-16H2,1-4H3,(H,27,31)(H,30,32)/t20-,22+/m0/s1. The van der Waals surface area contributed by atoms with Crippen LogP contribution in [0.5, 0.6) is 0 Å². The normalized spacial score (nSPS) is 13.5. The van der Waals surface area contributed by atoms with Crippen LogP contribution in [0, 0.1) is 5.41 Å². The zero-order valence-corrected chi connectivity index (χ0v) is 20.9. The summed E-state index contributed by atoms with van der Waals surface area (Å²) in [5.74, 6) is -0.462. The van der Waals surface area contributed by atoms with Crippen molar-refractivity contribution in [2.24, 2.45) is 10.4 Å². The lowest BCUT2D eigenvalue weighted by molar-refractivity contribution is -0.130. The molecular weight excluding hydrogens is 468 g/mol. The minimum Gasteiger partial charge on any atom is -0.354 e. The zero-order chi connectivity index (χ0) is 23.6. The van der Waals surface area contributed by atoms with E-state index in [-0.39, 0.29) is 11.8 Å². The molecule has 0 aliphatic heterocycles. The molecule has 172 valence electrons. The molecular formula is C25H33BrN4O2. The highest BCUT2D eigenvalue weighted by Crippen LogP contribution is 2.23. The molecule has 0 radical (unpaired) electrons. The van der Waals surface area contributed by atoms with Crippen molar-refractivity contribution in [3.05, 3.63) is 64.4 Å². The molecule has 0 unspecified atom stereocenters. The van der Waals surface area contributed by atoms with E-state index in [0.29, 0.717) is 23.3 Å². The Balaban J connectivity index is 2.21. The third-order valence-corrected chi connectivity index (χ3v) is 5.35. The summed E-state index contributed by atoms with van der Waals surface area (Å²) < 4.78 is 0.699. The average molecular weight is 501 g/mol. The van der Waals surface area contributed by atoms with Crippen molar-refractivity contribution in [3.8, 4) is 0 Å². The number of halogens is 1. The number of pyridine rings is 1. The largest absolute Gasteiger partial charge is 0.354 e. The number of nitrogens with zero attached hydrogens (tertiary/aromatic N) is 2. The third-order valence-electron chi connectivity index (χ3n) is 4.91. The van der Waals surface area contributed by atoms with E-state index in [0.717, 1.165) is 18.4 Å². The smallest absolute Gasteiger partial charge is 0.245 e. The van der Waals surface area contributed by atoms with Gasteiger partial charge in [0, 0.05) is 19.2 Å². The Bertz CT molecular complexity index is 910. The van der Waals surface area contributed by atoms with Crippen molar-refractivity contribution in [2.45, 2.75) is 59.0 Å². The second kappa shape index (κ2) is 12.5. The van der Waals surface area contributed by atoms with E-state index in [1.165, 1.54) is 0 Å². The van der Waals surface area contributed by atoms with E-state index in [4.69, 9.17) is 0 Å². The molecule has 2 rings (SSSR count). The van der Waals surface area contributed by atoms with Crippen LogP contribution in [-0.4, -0.2) is 41.6 Å². The molecule has 1 aromatic heterocycles. The van der Waals surface area contributed by atoms with Crippen LogP contribution < -0.4 is 10.6 Å². The Morgan fingerprint density at radius 2 is 1.81 bits per heavy atom. The predicted molar refractivity (Wildman–Crippen MR) is 133 cm³/mol.